The Morgan fingerprint density at radius 3 is 3.09 bits per heavy atom. The number of likely N-dealkylation sites (tertiary alicyclic amines) is 1. The van der Waals surface area contributed by atoms with E-state index in [2.05, 4.69) is 5.16 Å². The van der Waals surface area contributed by atoms with Gasteiger partial charge in [-0.15, -0.1) is 0 Å². The van der Waals surface area contributed by atoms with Gasteiger partial charge in [0.25, 0.3) is 5.91 Å². The maximum atomic E-state index is 12.6. The smallest absolute Gasteiger partial charge is 0.276 e. The van der Waals surface area contributed by atoms with E-state index in [4.69, 9.17) is 20.9 Å². The second-order valence-corrected chi connectivity index (χ2v) is 5.93. The van der Waals surface area contributed by atoms with Crippen LogP contribution in [0.15, 0.2) is 34.9 Å². The summed E-state index contributed by atoms with van der Waals surface area (Å²) in [5, 5.41) is 4.48. The molecule has 0 N–H and O–H groups in total. The van der Waals surface area contributed by atoms with Crippen LogP contribution >= 0.6 is 11.6 Å². The summed E-state index contributed by atoms with van der Waals surface area (Å²) in [5.74, 6) is 0.369. The number of piperidine rings is 1. The molecule has 1 aromatic heterocycles. The van der Waals surface area contributed by atoms with Crippen molar-refractivity contribution in [2.45, 2.75) is 25.9 Å². The second-order valence-electron chi connectivity index (χ2n) is 5.53. The van der Waals surface area contributed by atoms with Gasteiger partial charge in [-0.3, -0.25) is 4.79 Å². The maximum absolute atomic E-state index is 12.6. The number of hydrogen-bond donors (Lipinski definition) is 0. The van der Waals surface area contributed by atoms with Gasteiger partial charge in [-0.2, -0.15) is 0 Å². The number of benzene rings is 1. The lowest BCUT2D eigenvalue weighted by atomic mass is 10.1. The second kappa shape index (κ2) is 7.15. The molecule has 5 nitrogen and oxygen atoms in total. The molecule has 1 unspecified atom stereocenters. The van der Waals surface area contributed by atoms with Gasteiger partial charge in [0, 0.05) is 31.3 Å². The highest BCUT2D eigenvalue weighted by Crippen LogP contribution is 2.28. The molecule has 1 aliphatic rings. The Morgan fingerprint density at radius 2 is 2.30 bits per heavy atom. The van der Waals surface area contributed by atoms with E-state index >= 15 is 0 Å². The first kappa shape index (κ1) is 16.0. The summed E-state index contributed by atoms with van der Waals surface area (Å²) in [6, 6.07) is 8.97. The summed E-state index contributed by atoms with van der Waals surface area (Å²) in [5.41, 5.74) is 1.03. The topological polar surface area (TPSA) is 55.6 Å². The number of halogens is 1. The van der Waals surface area contributed by atoms with Crippen molar-refractivity contribution in [3.63, 3.8) is 0 Å². The predicted octanol–water partition coefficient (Wildman–Crippen LogP) is 3.64. The monoisotopic (exact) mass is 334 g/mol. The van der Waals surface area contributed by atoms with Crippen LogP contribution < -0.4 is 0 Å². The van der Waals surface area contributed by atoms with Gasteiger partial charge in [0.05, 0.1) is 11.1 Å². The Balaban J connectivity index is 1.75. The van der Waals surface area contributed by atoms with Crippen LogP contribution in [0.1, 0.15) is 30.3 Å². The van der Waals surface area contributed by atoms with Crippen LogP contribution in [-0.4, -0.2) is 41.8 Å². The first-order valence-electron chi connectivity index (χ1n) is 7.81. The number of aromatic nitrogens is 1. The van der Waals surface area contributed by atoms with Gasteiger partial charge in [0.2, 0.25) is 0 Å². The number of carbonyl (C=O) groups excluding carboxylic acids is 1. The fraction of sp³-hybridized carbons (Fsp3) is 0.412. The number of carbonyl (C=O) groups is 1. The largest absolute Gasteiger partial charge is 0.377 e. The van der Waals surface area contributed by atoms with Crippen LogP contribution in [0.4, 0.5) is 0 Å². The molecule has 6 heteroatoms. The Kier molecular flexibility index (Phi) is 4.98. The molecule has 3 rings (SSSR count). The third kappa shape index (κ3) is 3.57. The summed E-state index contributed by atoms with van der Waals surface area (Å²) in [4.78, 5) is 14.4. The fourth-order valence-electron chi connectivity index (χ4n) is 2.82. The normalized spacial score (nSPS) is 18.2. The molecule has 0 aliphatic carbocycles. The van der Waals surface area contributed by atoms with Crippen LogP contribution in [0.3, 0.4) is 0 Å². The van der Waals surface area contributed by atoms with Crippen molar-refractivity contribution in [1.82, 2.24) is 10.1 Å². The number of ether oxygens (including phenoxy) is 1. The molecule has 0 bridgehead atoms. The average molecular weight is 335 g/mol. The number of nitrogens with zero attached hydrogens (tertiary/aromatic N) is 2. The van der Waals surface area contributed by atoms with Crippen LogP contribution in [0.25, 0.3) is 11.3 Å². The molecular formula is C17H19ClN2O3. The summed E-state index contributed by atoms with van der Waals surface area (Å²) in [6.45, 7) is 3.94. The highest BCUT2D eigenvalue weighted by atomic mass is 35.5. The zero-order valence-corrected chi connectivity index (χ0v) is 13.8. The van der Waals surface area contributed by atoms with Crippen molar-refractivity contribution < 1.29 is 14.1 Å². The highest BCUT2D eigenvalue weighted by molar-refractivity contribution is 6.33. The summed E-state index contributed by atoms with van der Waals surface area (Å²) in [6.07, 6.45) is 2.03. The molecule has 0 radical (unpaired) electrons. The lowest BCUT2D eigenvalue weighted by Crippen LogP contribution is -2.43. The third-order valence-corrected chi connectivity index (χ3v) is 4.27. The van der Waals surface area contributed by atoms with E-state index in [9.17, 15) is 4.79 Å². The van der Waals surface area contributed by atoms with E-state index < -0.39 is 0 Å². The molecule has 122 valence electrons. The summed E-state index contributed by atoms with van der Waals surface area (Å²) >= 11 is 6.15. The lowest BCUT2D eigenvalue weighted by Gasteiger charge is -2.31. The molecule has 1 amide bonds. The average Bonchev–Trinajstić information content (AvgIpc) is 3.05. The van der Waals surface area contributed by atoms with E-state index in [1.807, 2.05) is 25.1 Å². The van der Waals surface area contributed by atoms with Crippen molar-refractivity contribution in [2.75, 3.05) is 19.7 Å². The van der Waals surface area contributed by atoms with E-state index in [1.165, 1.54) is 0 Å². The van der Waals surface area contributed by atoms with Crippen LogP contribution in [0, 0.1) is 0 Å². The maximum Gasteiger partial charge on any atom is 0.276 e. The van der Waals surface area contributed by atoms with Gasteiger partial charge in [-0.05, 0) is 31.9 Å². The molecule has 1 aromatic carbocycles. The predicted molar refractivity (Wildman–Crippen MR) is 87.5 cm³/mol. The Labute approximate surface area is 140 Å². The fourth-order valence-corrected chi connectivity index (χ4v) is 3.05. The molecule has 1 fully saturated rings. The Hall–Kier alpha value is -1.85. The minimum atomic E-state index is -0.128. The van der Waals surface area contributed by atoms with E-state index in [0.29, 0.717) is 29.6 Å². The first-order valence-corrected chi connectivity index (χ1v) is 8.19. The summed E-state index contributed by atoms with van der Waals surface area (Å²) in [7, 11) is 0. The van der Waals surface area contributed by atoms with E-state index in [1.54, 1.807) is 17.0 Å². The van der Waals surface area contributed by atoms with Gasteiger partial charge in [-0.1, -0.05) is 28.9 Å². The zero-order chi connectivity index (χ0) is 16.2. The third-order valence-electron chi connectivity index (χ3n) is 3.94. The van der Waals surface area contributed by atoms with Crippen molar-refractivity contribution in [2.24, 2.45) is 0 Å². The minimum absolute atomic E-state index is 0.104. The van der Waals surface area contributed by atoms with Crippen molar-refractivity contribution in [3.05, 3.63) is 41.0 Å². The standard InChI is InChI=1S/C17H19ClN2O3/c1-2-22-12-6-5-9-20(11-12)17(21)15-10-16(23-19-15)13-7-3-4-8-14(13)18/h3-4,7-8,10,12H,2,5-6,9,11H2,1H3. The molecule has 1 saturated heterocycles. The van der Waals surface area contributed by atoms with Crippen LogP contribution in [0.2, 0.25) is 5.02 Å². The van der Waals surface area contributed by atoms with Gasteiger partial charge in [-0.25, -0.2) is 0 Å². The van der Waals surface area contributed by atoms with Gasteiger partial charge >= 0.3 is 0 Å². The van der Waals surface area contributed by atoms with Crippen molar-refractivity contribution in [1.29, 1.82) is 0 Å². The quantitative estimate of drug-likeness (QED) is 0.856. The molecule has 2 aromatic rings. The van der Waals surface area contributed by atoms with E-state index in [-0.39, 0.29) is 12.0 Å². The number of amides is 1. The van der Waals surface area contributed by atoms with Crippen molar-refractivity contribution in [3.8, 4) is 11.3 Å². The Bertz CT molecular complexity index is 684. The van der Waals surface area contributed by atoms with Gasteiger partial charge in [0.1, 0.15) is 0 Å². The van der Waals surface area contributed by atoms with Crippen molar-refractivity contribution >= 4 is 17.5 Å². The van der Waals surface area contributed by atoms with Gasteiger partial charge < -0.3 is 14.2 Å². The molecule has 0 spiro atoms. The molecular weight excluding hydrogens is 316 g/mol. The van der Waals surface area contributed by atoms with E-state index in [0.717, 1.165) is 24.9 Å². The molecule has 0 saturated carbocycles. The minimum Gasteiger partial charge on any atom is -0.377 e. The summed E-state index contributed by atoms with van der Waals surface area (Å²) < 4.78 is 10.9. The Morgan fingerprint density at radius 1 is 1.48 bits per heavy atom. The lowest BCUT2D eigenvalue weighted by molar-refractivity contribution is 0.00689. The van der Waals surface area contributed by atoms with Gasteiger partial charge in [0.15, 0.2) is 11.5 Å². The molecule has 2 heterocycles. The zero-order valence-electron chi connectivity index (χ0n) is 13.0. The first-order chi connectivity index (χ1) is 11.2. The highest BCUT2D eigenvalue weighted by Gasteiger charge is 2.27. The molecule has 23 heavy (non-hydrogen) atoms. The SMILES string of the molecule is CCOC1CCCN(C(=O)c2cc(-c3ccccc3Cl)on2)C1. The van der Waals surface area contributed by atoms with Crippen LogP contribution in [0.5, 0.6) is 0 Å². The number of rotatable bonds is 4. The number of hydrogen-bond acceptors (Lipinski definition) is 4. The molecule has 1 aliphatic heterocycles. The van der Waals surface area contributed by atoms with Crippen LogP contribution in [-0.2, 0) is 4.74 Å². The molecule has 1 atom stereocenters.